The lowest BCUT2D eigenvalue weighted by Gasteiger charge is -2.50. The summed E-state index contributed by atoms with van der Waals surface area (Å²) in [5, 5.41) is 28.1. The summed E-state index contributed by atoms with van der Waals surface area (Å²) >= 11 is 0.945. The van der Waals surface area contributed by atoms with Crippen molar-refractivity contribution < 1.29 is 46.3 Å². The number of aromatic nitrogens is 1. The molecule has 2 aromatic rings. The molecule has 0 saturated carbocycles. The number of thiazole rings is 1. The van der Waals surface area contributed by atoms with Crippen LogP contribution in [0.3, 0.4) is 0 Å². The van der Waals surface area contributed by atoms with E-state index < -0.39 is 58.2 Å². The number of β-lactam (4-membered cyclic amide) rings is 1. The van der Waals surface area contributed by atoms with Gasteiger partial charge in [-0.1, -0.05) is 5.16 Å². The van der Waals surface area contributed by atoms with Gasteiger partial charge in [-0.25, -0.2) is 9.78 Å². The van der Waals surface area contributed by atoms with Crippen molar-refractivity contribution in [2.45, 2.75) is 31.5 Å². The number of carbonyl (C=O) groups is 3. The molecule has 0 spiro atoms. The number of hydrogen-bond donors (Lipinski definition) is 7. The molecule has 20 heteroatoms. The zero-order valence-corrected chi connectivity index (χ0v) is 23.8. The van der Waals surface area contributed by atoms with E-state index in [4.69, 9.17) is 31.0 Å². The van der Waals surface area contributed by atoms with Crippen LogP contribution in [0.4, 0.5) is 5.13 Å². The Morgan fingerprint density at radius 2 is 1.98 bits per heavy atom. The van der Waals surface area contributed by atoms with Gasteiger partial charge in [-0.15, -0.1) is 15.6 Å². The predicted molar refractivity (Wildman–Crippen MR) is 147 cm³/mol. The fourth-order valence-corrected chi connectivity index (χ4v) is 4.47. The second kappa shape index (κ2) is 13.1. The number of rotatable bonds is 14. The number of amides is 2. The monoisotopic (exact) mass is 628 g/mol. The molecule has 0 unspecified atom stereocenters. The highest BCUT2D eigenvalue weighted by Crippen LogP contribution is 2.33. The summed E-state index contributed by atoms with van der Waals surface area (Å²) < 4.78 is 40.7. The maximum absolute atomic E-state index is 13.1. The molecular formula is C22H28N8O10S2. The molecule has 42 heavy (non-hydrogen) atoms. The minimum atomic E-state index is -5.02. The fourth-order valence-electron chi connectivity index (χ4n) is 3.47. The first-order valence-corrected chi connectivity index (χ1v) is 14.1. The van der Waals surface area contributed by atoms with Crippen molar-refractivity contribution in [3.63, 3.8) is 0 Å². The van der Waals surface area contributed by atoms with Gasteiger partial charge in [0.1, 0.15) is 29.9 Å². The van der Waals surface area contributed by atoms with Crippen LogP contribution >= 0.6 is 11.3 Å². The molecule has 18 nitrogen and oxygen atoms in total. The Morgan fingerprint density at radius 1 is 1.31 bits per heavy atom. The average Bonchev–Trinajstić information content (AvgIpc) is 3.35. The van der Waals surface area contributed by atoms with Crippen molar-refractivity contribution in [1.29, 1.82) is 5.41 Å². The summed E-state index contributed by atoms with van der Waals surface area (Å²) in [6.45, 7) is 2.93. The van der Waals surface area contributed by atoms with Crippen LogP contribution in [0.15, 0.2) is 34.8 Å². The van der Waals surface area contributed by atoms with Crippen molar-refractivity contribution in [3.8, 4) is 5.75 Å². The molecule has 0 bridgehead atoms. The van der Waals surface area contributed by atoms with Gasteiger partial charge in [0.25, 0.3) is 17.9 Å². The first-order chi connectivity index (χ1) is 19.6. The highest BCUT2D eigenvalue weighted by Gasteiger charge is 2.58. The predicted octanol–water partition coefficient (Wildman–Crippen LogP) is -1.31. The molecule has 228 valence electrons. The molecule has 1 saturated heterocycles. The van der Waals surface area contributed by atoms with Crippen LogP contribution < -0.4 is 26.8 Å². The topological polar surface area (TPSA) is 282 Å². The number of benzene rings is 1. The lowest BCUT2D eigenvalue weighted by molar-refractivity contribution is -0.218. The molecule has 0 aliphatic carbocycles. The summed E-state index contributed by atoms with van der Waals surface area (Å²) in [6, 6.07) is 4.85. The van der Waals surface area contributed by atoms with E-state index in [2.05, 4.69) is 25.1 Å². The number of nitrogens with zero attached hydrogens (tertiary/aromatic N) is 3. The molecule has 2 atom stereocenters. The lowest BCUT2D eigenvalue weighted by Crippen LogP contribution is -2.76. The van der Waals surface area contributed by atoms with E-state index in [0.29, 0.717) is 23.7 Å². The number of anilines is 1. The minimum absolute atomic E-state index is 0.0474. The summed E-state index contributed by atoms with van der Waals surface area (Å²) in [7, 11) is -5.02. The van der Waals surface area contributed by atoms with E-state index in [1.54, 1.807) is 12.1 Å². The summed E-state index contributed by atoms with van der Waals surface area (Å²) in [5.74, 6) is -3.11. The van der Waals surface area contributed by atoms with Crippen LogP contribution in [0.2, 0.25) is 0 Å². The third-order valence-corrected chi connectivity index (χ3v) is 6.65. The standard InChI is InChI=1S/C22H28N8O10S2/c1-22(2)16(19(32)30(22)40-42(35,36)37)28-18(31)15(13-10-41-21(25)27-13)29-39-14(20(33)34)9-38-12-5-3-11(4-6-12)17(24)26-8-7-23/h3-6,10,14,16H,7-9,23H2,1-2H3,(H2,24,26)(H2,25,27)(H,28,31)(H,33,34)(H,35,36,37)/b29-15-/t14-,16+/m0/s1. The van der Waals surface area contributed by atoms with Crippen LogP contribution in [0.5, 0.6) is 5.75 Å². The molecule has 1 aliphatic rings. The van der Waals surface area contributed by atoms with Crippen molar-refractivity contribution in [3.05, 3.63) is 40.9 Å². The number of nitrogen functional groups attached to an aromatic ring is 1. The largest absolute Gasteiger partial charge is 0.489 e. The fraction of sp³-hybridized carbons (Fsp3) is 0.364. The Labute approximate surface area is 243 Å². The average molecular weight is 629 g/mol. The van der Waals surface area contributed by atoms with Crippen LogP contribution in [0.1, 0.15) is 25.1 Å². The number of amidine groups is 1. The summed E-state index contributed by atoms with van der Waals surface area (Å²) in [6.07, 6.45) is -1.70. The minimum Gasteiger partial charge on any atom is -0.489 e. The number of nitrogens with two attached hydrogens (primary N) is 2. The van der Waals surface area contributed by atoms with Gasteiger partial charge >= 0.3 is 16.4 Å². The van der Waals surface area contributed by atoms with Gasteiger partial charge in [0.2, 0.25) is 0 Å². The molecule has 1 aliphatic heterocycles. The normalized spacial score (nSPS) is 17.1. The number of carboxylic acids is 1. The first kappa shape index (κ1) is 32.1. The van der Waals surface area contributed by atoms with Gasteiger partial charge in [0, 0.05) is 24.0 Å². The molecule has 9 N–H and O–H groups in total. The molecule has 2 amide bonds. The second-order valence-corrected chi connectivity index (χ2v) is 11.0. The third-order valence-electron chi connectivity index (χ3n) is 5.64. The first-order valence-electron chi connectivity index (χ1n) is 11.9. The Kier molecular flexibility index (Phi) is 10.0. The Hall–Kier alpha value is -4.37. The molecule has 2 heterocycles. The van der Waals surface area contributed by atoms with Gasteiger partial charge in [-0.3, -0.25) is 19.6 Å². The van der Waals surface area contributed by atoms with Crippen molar-refractivity contribution in [2.75, 3.05) is 25.4 Å². The van der Waals surface area contributed by atoms with Gasteiger partial charge in [-0.2, -0.15) is 13.5 Å². The zero-order chi connectivity index (χ0) is 31.2. The Balaban J connectivity index is 1.72. The Bertz CT molecular complexity index is 1480. The highest BCUT2D eigenvalue weighted by molar-refractivity contribution is 7.80. The number of nitrogens with one attached hydrogen (secondary N) is 3. The van der Waals surface area contributed by atoms with Gasteiger partial charge in [0.05, 0.1) is 5.54 Å². The second-order valence-electron chi connectivity index (χ2n) is 9.06. The highest BCUT2D eigenvalue weighted by atomic mass is 32.3. The van der Waals surface area contributed by atoms with Crippen LogP contribution in [-0.4, -0.2) is 94.8 Å². The SMILES string of the molecule is CC1(C)[C@H](NC(=O)/C(=N\O[C@@H](COc2ccc(C(=N)NCCN)cc2)C(=O)O)c2csc(N)n2)C(=O)N1OS(=O)(=O)O. The lowest BCUT2D eigenvalue weighted by atomic mass is 9.84. The van der Waals surface area contributed by atoms with Gasteiger partial charge < -0.3 is 36.8 Å². The van der Waals surface area contributed by atoms with E-state index in [1.807, 2.05) is 0 Å². The van der Waals surface area contributed by atoms with Gasteiger partial charge in [-0.05, 0) is 38.1 Å². The van der Waals surface area contributed by atoms with E-state index in [9.17, 15) is 27.9 Å². The number of hydrogen-bond acceptors (Lipinski definition) is 14. The number of ether oxygens (including phenoxy) is 1. The van der Waals surface area contributed by atoms with E-state index in [0.717, 1.165) is 11.3 Å². The smallest absolute Gasteiger partial charge is 0.418 e. The number of oxime groups is 1. The van der Waals surface area contributed by atoms with Crippen LogP contribution in [0.25, 0.3) is 0 Å². The van der Waals surface area contributed by atoms with Gasteiger partial charge in [0.15, 0.2) is 10.8 Å². The number of aliphatic carboxylic acids is 1. The van der Waals surface area contributed by atoms with Crippen LogP contribution in [-0.2, 0) is 33.9 Å². The van der Waals surface area contributed by atoms with Crippen molar-refractivity contribution in [1.82, 2.24) is 20.7 Å². The Morgan fingerprint density at radius 3 is 2.50 bits per heavy atom. The molecule has 0 radical (unpaired) electrons. The molecule has 3 rings (SSSR count). The summed E-state index contributed by atoms with van der Waals surface area (Å²) in [5.41, 5.74) is 9.54. The van der Waals surface area contributed by atoms with Crippen molar-refractivity contribution >= 4 is 56.2 Å². The van der Waals surface area contributed by atoms with E-state index in [-0.39, 0.29) is 22.4 Å². The molecule has 1 fully saturated rings. The molecular weight excluding hydrogens is 600 g/mol. The third kappa shape index (κ3) is 7.88. The number of carbonyl (C=O) groups excluding carboxylic acids is 2. The zero-order valence-electron chi connectivity index (χ0n) is 22.1. The van der Waals surface area contributed by atoms with E-state index >= 15 is 0 Å². The molecule has 1 aromatic heterocycles. The van der Waals surface area contributed by atoms with Crippen molar-refractivity contribution in [2.24, 2.45) is 10.9 Å². The maximum Gasteiger partial charge on any atom is 0.418 e. The number of hydroxylamine groups is 2. The quantitative estimate of drug-likeness (QED) is 0.0421. The molecule has 1 aromatic carbocycles. The number of carboxylic acid groups (broad SMARTS) is 1. The summed E-state index contributed by atoms with van der Waals surface area (Å²) in [4.78, 5) is 46.4. The van der Waals surface area contributed by atoms with E-state index in [1.165, 1.54) is 31.4 Å². The van der Waals surface area contributed by atoms with Crippen LogP contribution in [0, 0.1) is 5.41 Å². The maximum atomic E-state index is 13.1.